The number of rotatable bonds is 6. The van der Waals surface area contributed by atoms with Crippen molar-refractivity contribution in [2.45, 2.75) is 51.3 Å². The van der Waals surface area contributed by atoms with E-state index in [-0.39, 0.29) is 11.8 Å². The van der Waals surface area contributed by atoms with E-state index in [9.17, 15) is 13.2 Å². The Morgan fingerprint density at radius 1 is 1.19 bits per heavy atom. The molecule has 1 aliphatic rings. The van der Waals surface area contributed by atoms with E-state index < -0.39 is 21.5 Å². The number of nitrogens with one attached hydrogen (secondary N) is 1. The van der Waals surface area contributed by atoms with Gasteiger partial charge in [-0.25, -0.2) is 13.4 Å². The minimum atomic E-state index is -3.61. The summed E-state index contributed by atoms with van der Waals surface area (Å²) in [5.74, 6) is -0.401. The fourth-order valence-corrected chi connectivity index (χ4v) is 4.45. The summed E-state index contributed by atoms with van der Waals surface area (Å²) in [6, 6.07) is 7.76. The number of nitrogens with zero attached hydrogens (tertiary/aromatic N) is 1. The Morgan fingerprint density at radius 2 is 1.85 bits per heavy atom. The molecular weight excluding hydrogens is 352 g/mol. The zero-order valence-corrected chi connectivity index (χ0v) is 15.9. The third-order valence-electron chi connectivity index (χ3n) is 4.62. The minimum Gasteiger partial charge on any atom is -0.441 e. The predicted molar refractivity (Wildman–Crippen MR) is 99.3 cm³/mol. The summed E-state index contributed by atoms with van der Waals surface area (Å²) in [6.45, 7) is 3.67. The molecule has 1 amide bonds. The molecular formula is C19H24N2O4S. The third kappa shape index (κ3) is 4.72. The van der Waals surface area contributed by atoms with E-state index in [1.807, 2.05) is 31.2 Å². The maximum absolute atomic E-state index is 12.4. The van der Waals surface area contributed by atoms with Crippen LogP contribution in [0.15, 0.2) is 28.7 Å². The summed E-state index contributed by atoms with van der Waals surface area (Å²) >= 11 is 0. The van der Waals surface area contributed by atoms with E-state index in [1.54, 1.807) is 6.92 Å². The molecule has 0 radical (unpaired) electrons. The van der Waals surface area contributed by atoms with E-state index in [1.165, 1.54) is 0 Å². The molecule has 0 aliphatic heterocycles. The number of benzene rings is 1. The Morgan fingerprint density at radius 3 is 2.50 bits per heavy atom. The molecule has 1 aliphatic carbocycles. The quantitative estimate of drug-likeness (QED) is 0.837. The van der Waals surface area contributed by atoms with Crippen molar-refractivity contribution in [1.29, 1.82) is 0 Å². The van der Waals surface area contributed by atoms with E-state index >= 15 is 0 Å². The molecule has 0 bridgehead atoms. The molecule has 6 nitrogen and oxygen atoms in total. The van der Waals surface area contributed by atoms with Crippen LogP contribution in [0, 0.1) is 13.8 Å². The van der Waals surface area contributed by atoms with Crippen LogP contribution < -0.4 is 5.32 Å². The van der Waals surface area contributed by atoms with E-state index in [0.29, 0.717) is 17.3 Å². The highest BCUT2D eigenvalue weighted by Crippen LogP contribution is 2.23. The summed E-state index contributed by atoms with van der Waals surface area (Å²) in [7, 11) is -3.61. The first-order valence-electron chi connectivity index (χ1n) is 8.85. The molecule has 0 unspecified atom stereocenters. The Hall–Kier alpha value is -2.15. The van der Waals surface area contributed by atoms with Crippen molar-refractivity contribution in [2.24, 2.45) is 0 Å². The van der Waals surface area contributed by atoms with Gasteiger partial charge in [-0.3, -0.25) is 4.79 Å². The van der Waals surface area contributed by atoms with Gasteiger partial charge in [-0.1, -0.05) is 30.5 Å². The molecule has 1 fully saturated rings. The third-order valence-corrected chi connectivity index (χ3v) is 6.03. The lowest BCUT2D eigenvalue weighted by atomic mass is 10.1. The molecule has 1 N–H and O–H groups in total. The van der Waals surface area contributed by atoms with Crippen molar-refractivity contribution in [2.75, 3.05) is 5.75 Å². The Bertz CT molecular complexity index is 879. The first kappa shape index (κ1) is 18.6. The zero-order chi connectivity index (χ0) is 18.7. The van der Waals surface area contributed by atoms with Crippen LogP contribution >= 0.6 is 0 Å². The normalized spacial score (nSPS) is 15.3. The van der Waals surface area contributed by atoms with Gasteiger partial charge in [0.15, 0.2) is 9.84 Å². The Labute approximate surface area is 153 Å². The van der Waals surface area contributed by atoms with Gasteiger partial charge >= 0.3 is 0 Å². The number of hydrogen-bond acceptors (Lipinski definition) is 5. The van der Waals surface area contributed by atoms with E-state index in [4.69, 9.17) is 4.42 Å². The number of sulfone groups is 1. The summed E-state index contributed by atoms with van der Waals surface area (Å²) in [4.78, 5) is 16.3. The summed E-state index contributed by atoms with van der Waals surface area (Å²) < 4.78 is 30.4. The number of hydrogen-bond donors (Lipinski definition) is 1. The van der Waals surface area contributed by atoms with Gasteiger partial charge in [-0.2, -0.15) is 0 Å². The Kier molecular flexibility index (Phi) is 5.46. The first-order valence-corrected chi connectivity index (χ1v) is 10.7. The SMILES string of the molecule is Cc1ccc(-c2nc(CS(=O)(=O)CC(=O)NC3CCCC3)c(C)o2)cc1. The predicted octanol–water partition coefficient (Wildman–Crippen LogP) is 2.93. The summed E-state index contributed by atoms with van der Waals surface area (Å²) in [5.41, 5.74) is 2.27. The van der Waals surface area contributed by atoms with Gasteiger partial charge in [-0.05, 0) is 38.8 Å². The van der Waals surface area contributed by atoms with Crippen LogP contribution in [0.2, 0.25) is 0 Å². The topological polar surface area (TPSA) is 89.3 Å². The number of amides is 1. The summed E-state index contributed by atoms with van der Waals surface area (Å²) in [6.07, 6.45) is 4.01. The molecule has 3 rings (SSSR count). The van der Waals surface area contributed by atoms with Crippen molar-refractivity contribution in [1.82, 2.24) is 10.3 Å². The van der Waals surface area contributed by atoms with Crippen molar-refractivity contribution < 1.29 is 17.6 Å². The van der Waals surface area contributed by atoms with Crippen molar-refractivity contribution in [3.05, 3.63) is 41.3 Å². The van der Waals surface area contributed by atoms with Crippen molar-refractivity contribution in [3.63, 3.8) is 0 Å². The fourth-order valence-electron chi connectivity index (χ4n) is 3.18. The highest BCUT2D eigenvalue weighted by Gasteiger charge is 2.24. The number of carbonyl (C=O) groups excluding carboxylic acids is 1. The van der Waals surface area contributed by atoms with Gasteiger partial charge in [0.1, 0.15) is 11.5 Å². The largest absolute Gasteiger partial charge is 0.441 e. The number of aromatic nitrogens is 1. The lowest BCUT2D eigenvalue weighted by molar-refractivity contribution is -0.119. The van der Waals surface area contributed by atoms with E-state index in [0.717, 1.165) is 36.8 Å². The van der Waals surface area contributed by atoms with Crippen LogP contribution in [0.25, 0.3) is 11.5 Å². The van der Waals surface area contributed by atoms with Gasteiger partial charge in [0.05, 0.1) is 11.4 Å². The number of carbonyl (C=O) groups is 1. The fraction of sp³-hybridized carbons (Fsp3) is 0.474. The monoisotopic (exact) mass is 376 g/mol. The number of aryl methyl sites for hydroxylation is 2. The van der Waals surface area contributed by atoms with Gasteiger partial charge in [0.2, 0.25) is 11.8 Å². The lowest BCUT2D eigenvalue weighted by Crippen LogP contribution is -2.37. The molecule has 1 heterocycles. The van der Waals surface area contributed by atoms with Gasteiger partial charge in [0.25, 0.3) is 0 Å². The zero-order valence-electron chi connectivity index (χ0n) is 15.1. The van der Waals surface area contributed by atoms with Crippen LogP contribution in [0.3, 0.4) is 0 Å². The molecule has 7 heteroatoms. The maximum atomic E-state index is 12.4. The molecule has 1 aromatic carbocycles. The maximum Gasteiger partial charge on any atom is 0.235 e. The second-order valence-electron chi connectivity index (χ2n) is 6.97. The van der Waals surface area contributed by atoms with E-state index in [2.05, 4.69) is 10.3 Å². The Balaban J connectivity index is 1.67. The van der Waals surface area contributed by atoms with Gasteiger partial charge in [-0.15, -0.1) is 0 Å². The molecule has 1 saturated carbocycles. The van der Waals surface area contributed by atoms with Gasteiger partial charge < -0.3 is 9.73 Å². The number of oxazole rings is 1. The molecule has 140 valence electrons. The minimum absolute atomic E-state index is 0.111. The first-order chi connectivity index (χ1) is 12.3. The molecule has 1 aromatic heterocycles. The van der Waals surface area contributed by atoms with Crippen LogP contribution in [0.5, 0.6) is 0 Å². The lowest BCUT2D eigenvalue weighted by Gasteiger charge is -2.11. The summed E-state index contributed by atoms with van der Waals surface area (Å²) in [5, 5.41) is 2.81. The molecule has 2 aromatic rings. The van der Waals surface area contributed by atoms with Crippen LogP contribution in [-0.4, -0.2) is 31.1 Å². The average molecular weight is 376 g/mol. The van der Waals surface area contributed by atoms with Crippen LogP contribution in [0.4, 0.5) is 0 Å². The highest BCUT2D eigenvalue weighted by molar-refractivity contribution is 7.91. The van der Waals surface area contributed by atoms with Crippen molar-refractivity contribution >= 4 is 15.7 Å². The van der Waals surface area contributed by atoms with Crippen molar-refractivity contribution in [3.8, 4) is 11.5 Å². The second-order valence-corrected chi connectivity index (χ2v) is 9.03. The second kappa shape index (κ2) is 7.61. The standard InChI is InChI=1S/C19H24N2O4S/c1-13-7-9-15(10-8-13)19-21-17(14(2)25-19)11-26(23,24)12-18(22)20-16-5-3-4-6-16/h7-10,16H,3-6,11-12H2,1-2H3,(H,20,22). The highest BCUT2D eigenvalue weighted by atomic mass is 32.2. The molecule has 0 saturated heterocycles. The molecule has 0 atom stereocenters. The smallest absolute Gasteiger partial charge is 0.235 e. The van der Waals surface area contributed by atoms with Crippen LogP contribution in [-0.2, 0) is 20.4 Å². The molecule has 0 spiro atoms. The molecule has 26 heavy (non-hydrogen) atoms. The van der Waals surface area contributed by atoms with Gasteiger partial charge in [0, 0.05) is 11.6 Å². The van der Waals surface area contributed by atoms with Crippen LogP contribution in [0.1, 0.15) is 42.7 Å². The average Bonchev–Trinajstić information content (AvgIpc) is 3.17.